The minimum Gasteiger partial charge on any atom is -0.336 e. The molecule has 0 radical (unpaired) electrons. The molecule has 3 aromatic rings. The Hall–Kier alpha value is -2.00. The molecule has 1 aliphatic rings. The standard InChI is InChI=1S/C20H20ClN3O3S2/c1-29(26,27)14-6-7-16(21)15(12-14)20(25)24-10-8-23(9-11-24)13-19-22-17-4-2-3-5-18(17)28-19/h2-7,12H,8-11,13H2,1H3. The van der Waals surface area contributed by atoms with Crippen LogP contribution in [0.2, 0.25) is 5.02 Å². The van der Waals surface area contributed by atoms with E-state index in [1.54, 1.807) is 16.2 Å². The summed E-state index contributed by atoms with van der Waals surface area (Å²) in [4.78, 5) is 21.7. The number of carbonyl (C=O) groups excluding carboxylic acids is 1. The average Bonchev–Trinajstić information content (AvgIpc) is 3.10. The third-order valence-corrected chi connectivity index (χ3v) is 7.41. The van der Waals surface area contributed by atoms with E-state index >= 15 is 0 Å². The first-order valence-electron chi connectivity index (χ1n) is 9.17. The highest BCUT2D eigenvalue weighted by Crippen LogP contribution is 2.25. The molecule has 9 heteroatoms. The van der Waals surface area contributed by atoms with E-state index in [-0.39, 0.29) is 21.4 Å². The second-order valence-corrected chi connectivity index (χ2v) is 10.6. The molecule has 152 valence electrons. The monoisotopic (exact) mass is 449 g/mol. The highest BCUT2D eigenvalue weighted by Gasteiger charge is 2.25. The minimum atomic E-state index is -3.40. The first-order chi connectivity index (χ1) is 13.8. The molecule has 0 spiro atoms. The van der Waals surface area contributed by atoms with E-state index in [4.69, 9.17) is 11.6 Å². The van der Waals surface area contributed by atoms with Gasteiger partial charge in [-0.2, -0.15) is 0 Å². The van der Waals surface area contributed by atoms with Gasteiger partial charge in [-0.3, -0.25) is 9.69 Å². The molecule has 0 bridgehead atoms. The van der Waals surface area contributed by atoms with Crippen LogP contribution < -0.4 is 0 Å². The van der Waals surface area contributed by atoms with Crippen LogP contribution in [-0.2, 0) is 16.4 Å². The summed E-state index contributed by atoms with van der Waals surface area (Å²) in [6, 6.07) is 12.3. The number of para-hydroxylation sites is 1. The molecule has 0 aliphatic carbocycles. The zero-order valence-corrected chi connectivity index (χ0v) is 18.2. The molecule has 1 amide bonds. The SMILES string of the molecule is CS(=O)(=O)c1ccc(Cl)c(C(=O)N2CCN(Cc3nc4ccccc4s3)CC2)c1. The molecule has 29 heavy (non-hydrogen) atoms. The molecule has 1 saturated heterocycles. The largest absolute Gasteiger partial charge is 0.336 e. The Morgan fingerprint density at radius 3 is 2.55 bits per heavy atom. The molecular weight excluding hydrogens is 430 g/mol. The van der Waals surface area contributed by atoms with Crippen LogP contribution in [0.25, 0.3) is 10.2 Å². The smallest absolute Gasteiger partial charge is 0.255 e. The molecule has 0 unspecified atom stereocenters. The summed E-state index contributed by atoms with van der Waals surface area (Å²) in [5.41, 5.74) is 1.25. The summed E-state index contributed by atoms with van der Waals surface area (Å²) in [6.45, 7) is 3.33. The van der Waals surface area contributed by atoms with Crippen LogP contribution in [-0.4, -0.2) is 61.5 Å². The molecule has 6 nitrogen and oxygen atoms in total. The van der Waals surface area contributed by atoms with Gasteiger partial charge in [-0.1, -0.05) is 23.7 Å². The Labute approximate surface area is 178 Å². The van der Waals surface area contributed by atoms with Gasteiger partial charge in [0.1, 0.15) is 5.01 Å². The Morgan fingerprint density at radius 2 is 1.86 bits per heavy atom. The minimum absolute atomic E-state index is 0.0970. The summed E-state index contributed by atoms with van der Waals surface area (Å²) in [6.07, 6.45) is 1.12. The van der Waals surface area contributed by atoms with Crippen molar-refractivity contribution in [1.29, 1.82) is 0 Å². The summed E-state index contributed by atoms with van der Waals surface area (Å²) in [5.74, 6) is -0.236. The molecular formula is C20H20ClN3O3S2. The first kappa shape index (κ1) is 20.3. The Balaban J connectivity index is 1.42. The Kier molecular flexibility index (Phi) is 5.61. The summed E-state index contributed by atoms with van der Waals surface area (Å²) < 4.78 is 24.8. The molecule has 0 N–H and O–H groups in total. The van der Waals surface area contributed by atoms with Gasteiger partial charge in [0.25, 0.3) is 5.91 Å². The van der Waals surface area contributed by atoms with Crippen molar-refractivity contribution >= 4 is 48.9 Å². The molecule has 2 aromatic carbocycles. The van der Waals surface area contributed by atoms with Crippen LogP contribution >= 0.6 is 22.9 Å². The summed E-state index contributed by atoms with van der Waals surface area (Å²) in [7, 11) is -3.40. The van der Waals surface area contributed by atoms with Crippen molar-refractivity contribution in [3.05, 3.63) is 58.1 Å². The van der Waals surface area contributed by atoms with E-state index in [9.17, 15) is 13.2 Å². The quantitative estimate of drug-likeness (QED) is 0.611. The zero-order chi connectivity index (χ0) is 20.6. The maximum Gasteiger partial charge on any atom is 0.255 e. The number of halogens is 1. The maximum atomic E-state index is 12.9. The predicted octanol–water partition coefficient (Wildman–Crippen LogP) is 3.31. The second kappa shape index (κ2) is 8.02. The van der Waals surface area contributed by atoms with Gasteiger partial charge in [0.05, 0.1) is 32.2 Å². The van der Waals surface area contributed by atoms with E-state index in [0.29, 0.717) is 13.1 Å². The van der Waals surface area contributed by atoms with E-state index < -0.39 is 9.84 Å². The third kappa shape index (κ3) is 4.45. The van der Waals surface area contributed by atoms with Crippen molar-refractivity contribution in [3.63, 3.8) is 0 Å². The van der Waals surface area contributed by atoms with Gasteiger partial charge in [0, 0.05) is 32.4 Å². The number of sulfone groups is 1. The summed E-state index contributed by atoms with van der Waals surface area (Å²) >= 11 is 7.87. The molecule has 0 atom stereocenters. The fraction of sp³-hybridized carbons (Fsp3) is 0.300. The number of hydrogen-bond donors (Lipinski definition) is 0. The number of aromatic nitrogens is 1. The number of nitrogens with zero attached hydrogens (tertiary/aromatic N) is 3. The molecule has 2 heterocycles. The van der Waals surface area contributed by atoms with E-state index in [1.165, 1.54) is 22.9 Å². The molecule has 1 aliphatic heterocycles. The normalized spacial score (nSPS) is 15.7. The number of hydrogen-bond acceptors (Lipinski definition) is 6. The lowest BCUT2D eigenvalue weighted by atomic mass is 10.1. The van der Waals surface area contributed by atoms with Crippen LogP contribution in [0.1, 0.15) is 15.4 Å². The van der Waals surface area contributed by atoms with Crippen molar-refractivity contribution in [1.82, 2.24) is 14.8 Å². The Morgan fingerprint density at radius 1 is 1.14 bits per heavy atom. The van der Waals surface area contributed by atoms with Gasteiger partial charge < -0.3 is 4.90 Å². The highest BCUT2D eigenvalue weighted by atomic mass is 35.5. The van der Waals surface area contributed by atoms with Gasteiger partial charge >= 0.3 is 0 Å². The number of rotatable bonds is 4. The fourth-order valence-corrected chi connectivity index (χ4v) is 5.21. The van der Waals surface area contributed by atoms with Crippen molar-refractivity contribution in [2.45, 2.75) is 11.4 Å². The zero-order valence-electron chi connectivity index (χ0n) is 15.8. The Bertz CT molecular complexity index is 1140. The molecule has 4 rings (SSSR count). The van der Waals surface area contributed by atoms with Gasteiger partial charge in [-0.05, 0) is 30.3 Å². The lowest BCUT2D eigenvalue weighted by molar-refractivity contribution is 0.0628. The van der Waals surface area contributed by atoms with Crippen molar-refractivity contribution in [2.24, 2.45) is 0 Å². The van der Waals surface area contributed by atoms with Gasteiger partial charge in [0.2, 0.25) is 0 Å². The number of benzene rings is 2. The topological polar surface area (TPSA) is 70.6 Å². The van der Waals surface area contributed by atoms with Gasteiger partial charge in [-0.25, -0.2) is 13.4 Å². The second-order valence-electron chi connectivity index (χ2n) is 7.06. The maximum absolute atomic E-state index is 12.9. The van der Waals surface area contributed by atoms with Crippen molar-refractivity contribution in [2.75, 3.05) is 32.4 Å². The number of fused-ring (bicyclic) bond motifs is 1. The van der Waals surface area contributed by atoms with Crippen molar-refractivity contribution < 1.29 is 13.2 Å². The van der Waals surface area contributed by atoms with Crippen LogP contribution in [0.5, 0.6) is 0 Å². The molecule has 0 saturated carbocycles. The van der Waals surface area contributed by atoms with E-state index in [2.05, 4.69) is 16.0 Å². The number of thiazole rings is 1. The van der Waals surface area contributed by atoms with E-state index in [1.807, 2.05) is 18.2 Å². The first-order valence-corrected chi connectivity index (χ1v) is 12.3. The molecule has 1 aromatic heterocycles. The predicted molar refractivity (Wildman–Crippen MR) is 115 cm³/mol. The number of piperazine rings is 1. The lowest BCUT2D eigenvalue weighted by Gasteiger charge is -2.34. The molecule has 1 fully saturated rings. The lowest BCUT2D eigenvalue weighted by Crippen LogP contribution is -2.48. The van der Waals surface area contributed by atoms with Gasteiger partial charge in [-0.15, -0.1) is 11.3 Å². The van der Waals surface area contributed by atoms with Crippen LogP contribution in [0.3, 0.4) is 0 Å². The van der Waals surface area contributed by atoms with E-state index in [0.717, 1.165) is 36.4 Å². The fourth-order valence-electron chi connectivity index (χ4n) is 3.36. The number of amides is 1. The van der Waals surface area contributed by atoms with Crippen LogP contribution in [0.4, 0.5) is 0 Å². The summed E-state index contributed by atoms with van der Waals surface area (Å²) in [5, 5.41) is 1.33. The third-order valence-electron chi connectivity index (χ3n) is 4.95. The number of carbonyl (C=O) groups is 1. The van der Waals surface area contributed by atoms with Crippen LogP contribution in [0, 0.1) is 0 Å². The van der Waals surface area contributed by atoms with Crippen molar-refractivity contribution in [3.8, 4) is 0 Å². The van der Waals surface area contributed by atoms with Crippen LogP contribution in [0.15, 0.2) is 47.4 Å². The van der Waals surface area contributed by atoms with Gasteiger partial charge in [0.15, 0.2) is 9.84 Å². The average molecular weight is 450 g/mol. The highest BCUT2D eigenvalue weighted by molar-refractivity contribution is 7.90.